The van der Waals surface area contributed by atoms with Crippen molar-refractivity contribution in [2.45, 2.75) is 32.9 Å². The molecule has 8 heteroatoms. The first kappa shape index (κ1) is 22.8. The molecule has 0 aliphatic carbocycles. The van der Waals surface area contributed by atoms with Gasteiger partial charge in [0.05, 0.1) is 38.5 Å². The number of furan rings is 1. The first-order valence-electron chi connectivity index (χ1n) is 11.2. The minimum absolute atomic E-state index is 0.0119. The Kier molecular flexibility index (Phi) is 7.24. The lowest BCUT2D eigenvalue weighted by atomic mass is 9.88. The van der Waals surface area contributed by atoms with Gasteiger partial charge >= 0.3 is 0 Å². The van der Waals surface area contributed by atoms with Gasteiger partial charge in [0.15, 0.2) is 0 Å². The lowest BCUT2D eigenvalue weighted by molar-refractivity contribution is -0.139. The van der Waals surface area contributed by atoms with Gasteiger partial charge in [0.25, 0.3) is 5.91 Å². The third-order valence-corrected chi connectivity index (χ3v) is 6.12. The molecule has 0 spiro atoms. The average Bonchev–Trinajstić information content (AvgIpc) is 3.37. The number of hydrogen-bond acceptors (Lipinski definition) is 5. The largest absolute Gasteiger partial charge is 0.467 e. The Morgan fingerprint density at radius 1 is 1.09 bits per heavy atom. The van der Waals surface area contributed by atoms with E-state index in [0.29, 0.717) is 49.9 Å². The van der Waals surface area contributed by atoms with Crippen LogP contribution in [0.3, 0.4) is 0 Å². The zero-order chi connectivity index (χ0) is 23.2. The lowest BCUT2D eigenvalue weighted by Gasteiger charge is -2.37. The molecular weight excluding hydrogens is 422 g/mol. The summed E-state index contributed by atoms with van der Waals surface area (Å²) in [5.74, 6) is -0.426. The highest BCUT2D eigenvalue weighted by Gasteiger charge is 2.37. The van der Waals surface area contributed by atoms with Crippen molar-refractivity contribution in [3.05, 3.63) is 71.3 Å². The standard InChI is InChI=1S/C25H29N3O5/c1-18-22(25(31)27-9-12-32-13-10-27)14-20(15-23(29)26-16-21-8-5-11-33-21)24(30)28(18)17-19-6-3-2-4-7-19/h2-8,11,20H,9-10,12-17H2,1H3,(H,26,29). The molecule has 1 atom stereocenters. The topological polar surface area (TPSA) is 92.1 Å². The van der Waals surface area contributed by atoms with Crippen LogP contribution in [0.2, 0.25) is 0 Å². The Morgan fingerprint density at radius 3 is 2.55 bits per heavy atom. The number of hydrogen-bond donors (Lipinski definition) is 1. The second kappa shape index (κ2) is 10.5. The first-order chi connectivity index (χ1) is 16.0. The number of morpholine rings is 1. The number of ether oxygens (including phenoxy) is 1. The van der Waals surface area contributed by atoms with Gasteiger partial charge in [-0.2, -0.15) is 0 Å². The van der Waals surface area contributed by atoms with Crippen LogP contribution in [0.5, 0.6) is 0 Å². The van der Waals surface area contributed by atoms with Crippen LogP contribution in [0.1, 0.15) is 31.1 Å². The Morgan fingerprint density at radius 2 is 1.85 bits per heavy atom. The molecule has 0 saturated carbocycles. The van der Waals surface area contributed by atoms with Crippen LogP contribution < -0.4 is 5.32 Å². The second-order valence-corrected chi connectivity index (χ2v) is 8.34. The molecule has 174 valence electrons. The van der Waals surface area contributed by atoms with E-state index >= 15 is 0 Å². The number of nitrogens with one attached hydrogen (secondary N) is 1. The third-order valence-electron chi connectivity index (χ3n) is 6.12. The number of benzene rings is 1. The number of amides is 3. The summed E-state index contributed by atoms with van der Waals surface area (Å²) >= 11 is 0. The molecule has 3 heterocycles. The number of carbonyl (C=O) groups is 3. The van der Waals surface area contributed by atoms with Crippen LogP contribution >= 0.6 is 0 Å². The molecule has 1 saturated heterocycles. The van der Waals surface area contributed by atoms with Crippen LogP contribution in [-0.2, 0) is 32.2 Å². The van der Waals surface area contributed by atoms with E-state index in [-0.39, 0.29) is 37.1 Å². The summed E-state index contributed by atoms with van der Waals surface area (Å²) in [6.45, 7) is 4.49. The maximum Gasteiger partial charge on any atom is 0.251 e. The highest BCUT2D eigenvalue weighted by Crippen LogP contribution is 2.32. The quantitative estimate of drug-likeness (QED) is 0.698. The molecule has 2 aliphatic heterocycles. The van der Waals surface area contributed by atoms with Crippen molar-refractivity contribution in [3.8, 4) is 0 Å². The maximum atomic E-state index is 13.4. The van der Waals surface area contributed by atoms with E-state index in [1.807, 2.05) is 37.3 Å². The van der Waals surface area contributed by atoms with Crippen molar-refractivity contribution >= 4 is 17.7 Å². The molecule has 4 rings (SSSR count). The van der Waals surface area contributed by atoms with E-state index in [4.69, 9.17) is 9.15 Å². The Bertz CT molecular complexity index is 1010. The van der Waals surface area contributed by atoms with Crippen molar-refractivity contribution in [1.29, 1.82) is 0 Å². The normalized spacial score (nSPS) is 19.1. The number of allylic oxidation sites excluding steroid dienone is 1. The molecular formula is C25H29N3O5. The average molecular weight is 452 g/mol. The summed E-state index contributed by atoms with van der Waals surface area (Å²) in [4.78, 5) is 42.8. The minimum Gasteiger partial charge on any atom is -0.467 e. The zero-order valence-corrected chi connectivity index (χ0v) is 18.8. The molecule has 1 fully saturated rings. The molecule has 3 amide bonds. The van der Waals surface area contributed by atoms with Gasteiger partial charge in [-0.3, -0.25) is 14.4 Å². The second-order valence-electron chi connectivity index (χ2n) is 8.34. The maximum absolute atomic E-state index is 13.4. The molecule has 2 aromatic rings. The minimum atomic E-state index is -0.603. The van der Waals surface area contributed by atoms with Gasteiger partial charge in [0.1, 0.15) is 5.76 Å². The predicted octanol–water partition coefficient (Wildman–Crippen LogP) is 2.47. The molecule has 1 aromatic heterocycles. The van der Waals surface area contributed by atoms with E-state index in [1.54, 1.807) is 28.2 Å². The molecule has 8 nitrogen and oxygen atoms in total. The van der Waals surface area contributed by atoms with Crippen molar-refractivity contribution in [1.82, 2.24) is 15.1 Å². The summed E-state index contributed by atoms with van der Waals surface area (Å²) in [6.07, 6.45) is 1.81. The fraction of sp³-hybridized carbons (Fsp3) is 0.400. The summed E-state index contributed by atoms with van der Waals surface area (Å²) in [5.41, 5.74) is 2.22. The monoisotopic (exact) mass is 451 g/mol. The summed E-state index contributed by atoms with van der Waals surface area (Å²) in [6, 6.07) is 13.2. The third kappa shape index (κ3) is 5.51. The van der Waals surface area contributed by atoms with Gasteiger partial charge in [-0.05, 0) is 31.0 Å². The highest BCUT2D eigenvalue weighted by atomic mass is 16.5. The smallest absolute Gasteiger partial charge is 0.251 e. The van der Waals surface area contributed by atoms with Crippen LogP contribution in [-0.4, -0.2) is 53.8 Å². The van der Waals surface area contributed by atoms with E-state index in [0.717, 1.165) is 5.56 Å². The summed E-state index contributed by atoms with van der Waals surface area (Å²) in [7, 11) is 0. The van der Waals surface area contributed by atoms with E-state index in [2.05, 4.69) is 5.32 Å². The Balaban J connectivity index is 1.53. The van der Waals surface area contributed by atoms with Crippen LogP contribution in [0.25, 0.3) is 0 Å². The lowest BCUT2D eigenvalue weighted by Crippen LogP contribution is -2.46. The van der Waals surface area contributed by atoms with Crippen molar-refractivity contribution in [2.24, 2.45) is 5.92 Å². The molecule has 33 heavy (non-hydrogen) atoms. The predicted molar refractivity (Wildman–Crippen MR) is 120 cm³/mol. The SMILES string of the molecule is CC1=C(C(=O)N2CCOCC2)CC(CC(=O)NCc2ccco2)C(=O)N1Cc1ccccc1. The van der Waals surface area contributed by atoms with Gasteiger partial charge in [0.2, 0.25) is 11.8 Å². The fourth-order valence-electron chi connectivity index (χ4n) is 4.25. The summed E-state index contributed by atoms with van der Waals surface area (Å²) < 4.78 is 10.6. The molecule has 0 bridgehead atoms. The number of carbonyl (C=O) groups excluding carboxylic acids is 3. The van der Waals surface area contributed by atoms with Gasteiger partial charge in [-0.1, -0.05) is 30.3 Å². The van der Waals surface area contributed by atoms with Crippen molar-refractivity contribution in [3.63, 3.8) is 0 Å². The van der Waals surface area contributed by atoms with E-state index < -0.39 is 5.92 Å². The van der Waals surface area contributed by atoms with Crippen molar-refractivity contribution in [2.75, 3.05) is 26.3 Å². The van der Waals surface area contributed by atoms with Crippen LogP contribution in [0.4, 0.5) is 0 Å². The molecule has 1 N–H and O–H groups in total. The van der Waals surface area contributed by atoms with Gasteiger partial charge in [-0.25, -0.2) is 0 Å². The number of nitrogens with zero attached hydrogens (tertiary/aromatic N) is 2. The Labute approximate surface area is 193 Å². The fourth-order valence-corrected chi connectivity index (χ4v) is 4.25. The van der Waals surface area contributed by atoms with Crippen LogP contribution in [0, 0.1) is 5.92 Å². The molecule has 1 aromatic carbocycles. The van der Waals surface area contributed by atoms with Gasteiger partial charge in [-0.15, -0.1) is 0 Å². The van der Waals surface area contributed by atoms with E-state index in [9.17, 15) is 14.4 Å². The van der Waals surface area contributed by atoms with Crippen molar-refractivity contribution < 1.29 is 23.5 Å². The molecule has 2 aliphatic rings. The Hall–Kier alpha value is -3.39. The molecule has 0 radical (unpaired) electrons. The van der Waals surface area contributed by atoms with E-state index in [1.165, 1.54) is 0 Å². The molecule has 1 unspecified atom stereocenters. The zero-order valence-electron chi connectivity index (χ0n) is 18.8. The van der Waals surface area contributed by atoms with Crippen LogP contribution in [0.15, 0.2) is 64.4 Å². The summed E-state index contributed by atoms with van der Waals surface area (Å²) in [5, 5.41) is 2.80. The van der Waals surface area contributed by atoms with Gasteiger partial charge in [0, 0.05) is 30.8 Å². The number of rotatable bonds is 7. The van der Waals surface area contributed by atoms with Gasteiger partial charge < -0.3 is 24.3 Å². The highest BCUT2D eigenvalue weighted by molar-refractivity contribution is 5.98. The first-order valence-corrected chi connectivity index (χ1v) is 11.2.